The van der Waals surface area contributed by atoms with E-state index in [2.05, 4.69) is 15.3 Å². The second-order valence-corrected chi connectivity index (χ2v) is 6.58. The predicted octanol–water partition coefficient (Wildman–Crippen LogP) is 1.02. The molecule has 1 saturated heterocycles. The summed E-state index contributed by atoms with van der Waals surface area (Å²) in [6, 6.07) is 0. The van der Waals surface area contributed by atoms with Crippen molar-refractivity contribution in [2.75, 3.05) is 44.8 Å². The number of ether oxygens (including phenoxy) is 1. The van der Waals surface area contributed by atoms with Gasteiger partial charge in [-0.05, 0) is 18.1 Å². The molecule has 25 heavy (non-hydrogen) atoms. The van der Waals surface area contributed by atoms with Crippen LogP contribution in [0, 0.1) is 0 Å². The number of aliphatic imine (C=N–C) groups is 1. The van der Waals surface area contributed by atoms with Crippen molar-refractivity contribution in [3.05, 3.63) is 35.4 Å². The minimum atomic E-state index is 0.130. The fraction of sp³-hybridized carbons (Fsp3) is 0.500. The van der Waals surface area contributed by atoms with Gasteiger partial charge in [0.25, 0.3) is 0 Å². The summed E-state index contributed by atoms with van der Waals surface area (Å²) in [4.78, 5) is 23.1. The average molecular weight is 341 g/mol. The fourth-order valence-electron chi connectivity index (χ4n) is 3.37. The molecule has 1 aromatic rings. The minimum absolute atomic E-state index is 0.130. The highest BCUT2D eigenvalue weighted by Gasteiger charge is 2.24. The highest BCUT2D eigenvalue weighted by molar-refractivity contribution is 5.98. The predicted molar refractivity (Wildman–Crippen MR) is 96.2 cm³/mol. The van der Waals surface area contributed by atoms with Crippen molar-refractivity contribution >= 4 is 17.2 Å². The molecule has 3 aliphatic rings. The van der Waals surface area contributed by atoms with E-state index in [9.17, 15) is 4.79 Å². The molecule has 1 aliphatic carbocycles. The Labute approximate surface area is 147 Å². The van der Waals surface area contributed by atoms with Gasteiger partial charge in [-0.25, -0.2) is 9.66 Å². The van der Waals surface area contributed by atoms with E-state index < -0.39 is 0 Å². The lowest BCUT2D eigenvalue weighted by Gasteiger charge is -2.25. The van der Waals surface area contributed by atoms with E-state index >= 15 is 0 Å². The van der Waals surface area contributed by atoms with Crippen molar-refractivity contribution in [3.8, 4) is 0 Å². The van der Waals surface area contributed by atoms with Crippen LogP contribution >= 0.6 is 0 Å². The van der Waals surface area contributed by atoms with Crippen LogP contribution in [0.4, 0.5) is 0 Å². The first-order chi connectivity index (χ1) is 12.2. The van der Waals surface area contributed by atoms with Crippen LogP contribution in [0.3, 0.4) is 0 Å². The topological polar surface area (TPSA) is 71.8 Å². The van der Waals surface area contributed by atoms with E-state index in [4.69, 9.17) is 9.73 Å². The van der Waals surface area contributed by atoms with Gasteiger partial charge in [0.05, 0.1) is 38.1 Å². The Morgan fingerprint density at radius 2 is 2.16 bits per heavy atom. The number of carbonyl (C=O) groups excluding carboxylic acids is 1. The summed E-state index contributed by atoms with van der Waals surface area (Å²) in [5, 5.41) is 0. The Morgan fingerprint density at radius 3 is 2.92 bits per heavy atom. The molecule has 1 N–H and O–H groups in total. The largest absolute Gasteiger partial charge is 0.379 e. The SMILES string of the molecule is CC(=O)C1=CC=C(c2cnc3n2NC(=NCCN2CCOCC2)C3)C1. The van der Waals surface area contributed by atoms with Gasteiger partial charge in [-0.1, -0.05) is 12.2 Å². The van der Waals surface area contributed by atoms with Crippen LogP contribution < -0.4 is 5.43 Å². The van der Waals surface area contributed by atoms with Crippen molar-refractivity contribution in [3.63, 3.8) is 0 Å². The zero-order valence-electron chi connectivity index (χ0n) is 14.5. The molecule has 0 spiro atoms. The lowest BCUT2D eigenvalue weighted by Crippen LogP contribution is -2.37. The van der Waals surface area contributed by atoms with Gasteiger partial charge in [0.15, 0.2) is 5.78 Å². The van der Waals surface area contributed by atoms with Gasteiger partial charge in [0.1, 0.15) is 11.7 Å². The number of amidine groups is 1. The van der Waals surface area contributed by atoms with E-state index in [1.54, 1.807) is 6.92 Å². The number of rotatable bonds is 5. The maximum atomic E-state index is 11.5. The molecule has 132 valence electrons. The third-order valence-corrected chi connectivity index (χ3v) is 4.87. The van der Waals surface area contributed by atoms with Crippen molar-refractivity contribution in [2.24, 2.45) is 4.99 Å². The van der Waals surface area contributed by atoms with Crippen molar-refractivity contribution in [2.45, 2.75) is 19.8 Å². The summed E-state index contributed by atoms with van der Waals surface area (Å²) < 4.78 is 7.36. The highest BCUT2D eigenvalue weighted by atomic mass is 16.5. The number of imidazole rings is 1. The molecule has 4 rings (SSSR count). The van der Waals surface area contributed by atoms with Gasteiger partial charge >= 0.3 is 0 Å². The van der Waals surface area contributed by atoms with Gasteiger partial charge in [-0.2, -0.15) is 0 Å². The van der Waals surface area contributed by atoms with Crippen LogP contribution in [0.5, 0.6) is 0 Å². The number of ketones is 1. The molecular formula is C18H23N5O2. The number of carbonyl (C=O) groups is 1. The van der Waals surface area contributed by atoms with Gasteiger partial charge in [0, 0.05) is 26.1 Å². The van der Waals surface area contributed by atoms with Gasteiger partial charge in [0.2, 0.25) is 0 Å². The number of fused-ring (bicyclic) bond motifs is 1. The first-order valence-corrected chi connectivity index (χ1v) is 8.79. The number of hydrogen-bond acceptors (Lipinski definition) is 5. The van der Waals surface area contributed by atoms with Crippen molar-refractivity contribution in [1.29, 1.82) is 0 Å². The van der Waals surface area contributed by atoms with Crippen molar-refractivity contribution in [1.82, 2.24) is 14.6 Å². The molecular weight excluding hydrogens is 318 g/mol. The second-order valence-electron chi connectivity index (χ2n) is 6.58. The molecule has 1 aromatic heterocycles. The number of nitrogens with one attached hydrogen (secondary N) is 1. The molecule has 3 heterocycles. The van der Waals surface area contributed by atoms with Crippen LogP contribution in [0.15, 0.2) is 28.9 Å². The van der Waals surface area contributed by atoms with E-state index in [1.165, 1.54) is 0 Å². The normalized spacial score (nSPS) is 21.9. The number of aromatic nitrogens is 2. The highest BCUT2D eigenvalue weighted by Crippen LogP contribution is 2.29. The van der Waals surface area contributed by atoms with Crippen LogP contribution in [0.25, 0.3) is 5.57 Å². The van der Waals surface area contributed by atoms with Crippen LogP contribution in [0.2, 0.25) is 0 Å². The summed E-state index contributed by atoms with van der Waals surface area (Å²) in [6.07, 6.45) is 7.19. The molecule has 0 radical (unpaired) electrons. The quantitative estimate of drug-likeness (QED) is 0.866. The molecule has 7 heteroatoms. The summed E-state index contributed by atoms with van der Waals surface area (Å²) >= 11 is 0. The maximum absolute atomic E-state index is 11.5. The second kappa shape index (κ2) is 6.93. The van der Waals surface area contributed by atoms with Gasteiger partial charge in [-0.3, -0.25) is 20.1 Å². The summed E-state index contributed by atoms with van der Waals surface area (Å²) in [5.74, 6) is 2.05. The molecule has 2 aliphatic heterocycles. The van der Waals surface area contributed by atoms with E-state index in [0.717, 1.165) is 74.3 Å². The zero-order chi connectivity index (χ0) is 17.2. The molecule has 0 aromatic carbocycles. The van der Waals surface area contributed by atoms with Crippen LogP contribution in [0.1, 0.15) is 24.9 Å². The Kier molecular flexibility index (Phi) is 4.50. The lowest BCUT2D eigenvalue weighted by atomic mass is 10.1. The Morgan fingerprint density at radius 1 is 1.32 bits per heavy atom. The maximum Gasteiger partial charge on any atom is 0.156 e. The molecule has 7 nitrogen and oxygen atoms in total. The fourth-order valence-corrected chi connectivity index (χ4v) is 3.37. The standard InChI is InChI=1S/C18H23N5O2/c1-13(24)14-2-3-15(10-14)16-12-20-18-11-17(21-23(16)18)19-4-5-22-6-8-25-9-7-22/h2-3,12H,4-11H2,1H3,(H,19,21). The van der Waals surface area contributed by atoms with Crippen molar-refractivity contribution < 1.29 is 9.53 Å². The van der Waals surface area contributed by atoms with E-state index in [0.29, 0.717) is 6.42 Å². The van der Waals surface area contributed by atoms with Gasteiger partial charge < -0.3 is 4.74 Å². The van der Waals surface area contributed by atoms with Crippen LogP contribution in [-0.2, 0) is 16.0 Å². The summed E-state index contributed by atoms with van der Waals surface area (Å²) in [6.45, 7) is 6.97. The zero-order valence-corrected chi connectivity index (χ0v) is 14.5. The lowest BCUT2D eigenvalue weighted by molar-refractivity contribution is -0.113. The number of hydrogen-bond donors (Lipinski definition) is 1. The first kappa shape index (κ1) is 16.2. The number of morpholine rings is 1. The molecule has 0 unspecified atom stereocenters. The number of allylic oxidation sites excluding steroid dienone is 4. The average Bonchev–Trinajstić information content (AvgIpc) is 3.30. The van der Waals surface area contributed by atoms with Gasteiger partial charge in [-0.15, -0.1) is 0 Å². The Hall–Kier alpha value is -2.25. The summed E-state index contributed by atoms with van der Waals surface area (Å²) in [7, 11) is 0. The molecule has 0 amide bonds. The third kappa shape index (κ3) is 3.43. The number of Topliss-reactive ketones (excluding diaryl/α,β-unsaturated/α-hetero) is 1. The monoisotopic (exact) mass is 341 g/mol. The molecule has 0 bridgehead atoms. The molecule has 0 saturated carbocycles. The summed E-state index contributed by atoms with van der Waals surface area (Å²) in [5.41, 5.74) is 6.34. The van der Waals surface area contributed by atoms with E-state index in [1.807, 2.05) is 23.0 Å². The third-order valence-electron chi connectivity index (χ3n) is 4.87. The first-order valence-electron chi connectivity index (χ1n) is 8.79. The minimum Gasteiger partial charge on any atom is -0.379 e. The molecule has 1 fully saturated rings. The Balaban J connectivity index is 1.36. The van der Waals surface area contributed by atoms with E-state index in [-0.39, 0.29) is 5.78 Å². The molecule has 0 atom stereocenters. The Bertz CT molecular complexity index is 768. The smallest absolute Gasteiger partial charge is 0.156 e. The number of nitrogens with zero attached hydrogens (tertiary/aromatic N) is 4. The van der Waals surface area contributed by atoms with Crippen LogP contribution in [-0.4, -0.2) is 65.6 Å².